The number of carbonyl (C=O) groups is 2. The van der Waals surface area contributed by atoms with Crippen LogP contribution in [0, 0.1) is 5.82 Å². The third kappa shape index (κ3) is 3.77. The van der Waals surface area contributed by atoms with Crippen molar-refractivity contribution in [1.82, 2.24) is 0 Å². The standard InChI is InChI=1S/C25H22FN3O3/c26-16-6-3-7-17(14-16)27-23(31)15-29-20-10-2-1-8-18(20)28-19-9-4-11-21(30)24(19)25(29)22-12-5-13-32-22/h1-3,5-8,10,12-14,25,28H,4,9,11,15H2,(H,27,31)/t25-/m1/s1. The first-order valence-corrected chi connectivity index (χ1v) is 10.6. The fourth-order valence-corrected chi connectivity index (χ4v) is 4.44. The molecule has 0 radical (unpaired) electrons. The van der Waals surface area contributed by atoms with Gasteiger partial charge in [-0.2, -0.15) is 0 Å². The van der Waals surface area contributed by atoms with Gasteiger partial charge in [0.05, 0.1) is 24.2 Å². The molecule has 1 aliphatic heterocycles. The number of nitrogens with one attached hydrogen (secondary N) is 2. The van der Waals surface area contributed by atoms with Crippen molar-refractivity contribution in [3.8, 4) is 0 Å². The van der Waals surface area contributed by atoms with Crippen LogP contribution in [0.25, 0.3) is 0 Å². The molecule has 0 bridgehead atoms. The number of Topliss-reactive ketones (excluding diaryl/α,β-unsaturated/α-hetero) is 1. The number of anilines is 3. The number of rotatable bonds is 4. The number of hydrogen-bond donors (Lipinski definition) is 2. The van der Waals surface area contributed by atoms with Crippen molar-refractivity contribution < 1.29 is 18.4 Å². The van der Waals surface area contributed by atoms with Gasteiger partial charge in [-0.15, -0.1) is 0 Å². The van der Waals surface area contributed by atoms with Gasteiger partial charge in [0.15, 0.2) is 5.78 Å². The first-order valence-electron chi connectivity index (χ1n) is 10.6. The summed E-state index contributed by atoms with van der Waals surface area (Å²) >= 11 is 0. The van der Waals surface area contributed by atoms with Crippen LogP contribution in [0.1, 0.15) is 31.1 Å². The maximum atomic E-state index is 13.6. The third-order valence-electron chi connectivity index (χ3n) is 5.78. The van der Waals surface area contributed by atoms with Crippen LogP contribution >= 0.6 is 0 Å². The van der Waals surface area contributed by atoms with E-state index in [1.54, 1.807) is 24.5 Å². The SMILES string of the molecule is O=C(CN1c2ccccc2NC2=C(C(=O)CCC2)[C@H]1c1ccco1)Nc1cccc(F)c1. The van der Waals surface area contributed by atoms with Crippen molar-refractivity contribution in [3.05, 3.63) is 89.8 Å². The summed E-state index contributed by atoms with van der Waals surface area (Å²) in [7, 11) is 0. The van der Waals surface area contributed by atoms with Crippen LogP contribution in [0.4, 0.5) is 21.5 Å². The van der Waals surface area contributed by atoms with Gasteiger partial charge in [-0.25, -0.2) is 4.39 Å². The molecule has 32 heavy (non-hydrogen) atoms. The number of nitrogens with zero attached hydrogens (tertiary/aromatic N) is 1. The summed E-state index contributed by atoms with van der Waals surface area (Å²) in [5.74, 6) is -0.120. The number of amides is 1. The molecule has 0 unspecified atom stereocenters. The third-order valence-corrected chi connectivity index (χ3v) is 5.78. The summed E-state index contributed by atoms with van der Waals surface area (Å²) in [6.07, 6.45) is 3.54. The van der Waals surface area contributed by atoms with E-state index in [0.717, 1.165) is 29.9 Å². The molecular weight excluding hydrogens is 409 g/mol. The molecule has 6 nitrogen and oxygen atoms in total. The summed E-state index contributed by atoms with van der Waals surface area (Å²) in [6.45, 7) is -0.0510. The van der Waals surface area contributed by atoms with Gasteiger partial charge in [-0.1, -0.05) is 18.2 Å². The maximum Gasteiger partial charge on any atom is 0.243 e. The second-order valence-corrected chi connectivity index (χ2v) is 7.92. The second-order valence-electron chi connectivity index (χ2n) is 7.92. The molecule has 3 aromatic rings. The van der Waals surface area contributed by atoms with E-state index in [4.69, 9.17) is 4.42 Å². The molecule has 2 heterocycles. The highest BCUT2D eigenvalue weighted by Gasteiger charge is 2.38. The first-order chi connectivity index (χ1) is 15.6. The van der Waals surface area contributed by atoms with Crippen molar-refractivity contribution in [2.75, 3.05) is 22.1 Å². The van der Waals surface area contributed by atoms with Crippen molar-refractivity contribution in [2.24, 2.45) is 0 Å². The number of ketones is 1. The Morgan fingerprint density at radius 3 is 2.81 bits per heavy atom. The van der Waals surface area contributed by atoms with Crippen molar-refractivity contribution >= 4 is 28.8 Å². The zero-order valence-electron chi connectivity index (χ0n) is 17.3. The normalized spacial score (nSPS) is 17.8. The van der Waals surface area contributed by atoms with E-state index >= 15 is 0 Å². The van der Waals surface area contributed by atoms with Crippen LogP contribution in [0.15, 0.2) is 82.6 Å². The molecule has 2 aromatic carbocycles. The van der Waals surface area contributed by atoms with Gasteiger partial charge >= 0.3 is 0 Å². The minimum atomic E-state index is -0.554. The number of furan rings is 1. The monoisotopic (exact) mass is 431 g/mol. The van der Waals surface area contributed by atoms with Crippen molar-refractivity contribution in [2.45, 2.75) is 25.3 Å². The minimum absolute atomic E-state index is 0.0449. The van der Waals surface area contributed by atoms with Crippen LogP contribution in [0.3, 0.4) is 0 Å². The number of para-hydroxylation sites is 2. The van der Waals surface area contributed by atoms with E-state index in [2.05, 4.69) is 10.6 Å². The highest BCUT2D eigenvalue weighted by molar-refractivity contribution is 6.02. The van der Waals surface area contributed by atoms with Gasteiger partial charge in [0, 0.05) is 23.4 Å². The van der Waals surface area contributed by atoms with Gasteiger partial charge in [-0.3, -0.25) is 9.59 Å². The Kier molecular flexibility index (Phi) is 5.23. The Morgan fingerprint density at radius 2 is 2.00 bits per heavy atom. The van der Waals surface area contributed by atoms with Gasteiger partial charge < -0.3 is 20.0 Å². The molecule has 2 aliphatic rings. The number of carbonyl (C=O) groups excluding carboxylic acids is 2. The molecule has 1 amide bonds. The molecule has 5 rings (SSSR count). The number of allylic oxidation sites excluding steroid dienone is 1. The molecule has 1 aromatic heterocycles. The Labute approximate surface area is 184 Å². The topological polar surface area (TPSA) is 74.6 Å². The lowest BCUT2D eigenvalue weighted by Gasteiger charge is -2.33. The van der Waals surface area contributed by atoms with Crippen molar-refractivity contribution in [1.29, 1.82) is 0 Å². The van der Waals surface area contributed by atoms with Crippen LogP contribution in [0.2, 0.25) is 0 Å². The van der Waals surface area contributed by atoms with E-state index in [9.17, 15) is 14.0 Å². The van der Waals surface area contributed by atoms with Crippen LogP contribution < -0.4 is 15.5 Å². The molecule has 0 saturated carbocycles. The lowest BCUT2D eigenvalue weighted by molar-refractivity contribution is -0.117. The van der Waals surface area contributed by atoms with Gasteiger partial charge in [0.25, 0.3) is 0 Å². The summed E-state index contributed by atoms with van der Waals surface area (Å²) in [5.41, 5.74) is 3.47. The predicted octanol–water partition coefficient (Wildman–Crippen LogP) is 5.04. The lowest BCUT2D eigenvalue weighted by Crippen LogP contribution is -2.38. The average molecular weight is 431 g/mol. The van der Waals surface area contributed by atoms with E-state index in [1.165, 1.54) is 12.1 Å². The Balaban J connectivity index is 1.58. The predicted molar refractivity (Wildman–Crippen MR) is 120 cm³/mol. The van der Waals surface area contributed by atoms with Crippen LogP contribution in [-0.4, -0.2) is 18.2 Å². The maximum absolute atomic E-state index is 13.6. The van der Waals surface area contributed by atoms with Crippen molar-refractivity contribution in [3.63, 3.8) is 0 Å². The highest BCUT2D eigenvalue weighted by Crippen LogP contribution is 2.44. The second kappa shape index (κ2) is 8.34. The lowest BCUT2D eigenvalue weighted by atomic mass is 9.88. The van der Waals surface area contributed by atoms with E-state index < -0.39 is 11.9 Å². The Hall–Kier alpha value is -3.87. The zero-order valence-corrected chi connectivity index (χ0v) is 17.3. The molecule has 0 saturated heterocycles. The van der Waals surface area contributed by atoms with Gasteiger partial charge in [0.1, 0.15) is 17.6 Å². The zero-order chi connectivity index (χ0) is 22.1. The summed E-state index contributed by atoms with van der Waals surface area (Å²) in [6, 6.07) is 16.5. The van der Waals surface area contributed by atoms with E-state index in [0.29, 0.717) is 23.4 Å². The Morgan fingerprint density at radius 1 is 1.12 bits per heavy atom. The Bertz CT molecular complexity index is 1200. The first kappa shape index (κ1) is 20.1. The molecule has 7 heteroatoms. The fraction of sp³-hybridized carbons (Fsp3) is 0.200. The number of hydrogen-bond acceptors (Lipinski definition) is 5. The van der Waals surface area contributed by atoms with Crippen LogP contribution in [0.5, 0.6) is 0 Å². The highest BCUT2D eigenvalue weighted by atomic mass is 19.1. The van der Waals surface area contributed by atoms with Gasteiger partial charge in [-0.05, 0) is 55.3 Å². The largest absolute Gasteiger partial charge is 0.467 e. The smallest absolute Gasteiger partial charge is 0.243 e. The molecular formula is C25H22FN3O3. The molecule has 0 fully saturated rings. The average Bonchev–Trinajstić information content (AvgIpc) is 3.25. The molecule has 1 atom stereocenters. The number of halogens is 1. The minimum Gasteiger partial charge on any atom is -0.467 e. The number of benzene rings is 2. The number of fused-ring (bicyclic) bond motifs is 1. The van der Waals surface area contributed by atoms with E-state index in [1.807, 2.05) is 35.2 Å². The molecule has 162 valence electrons. The summed E-state index contributed by atoms with van der Waals surface area (Å²) < 4.78 is 19.3. The summed E-state index contributed by atoms with van der Waals surface area (Å²) in [5, 5.41) is 6.20. The van der Waals surface area contributed by atoms with Crippen LogP contribution in [-0.2, 0) is 9.59 Å². The molecule has 2 N–H and O–H groups in total. The quantitative estimate of drug-likeness (QED) is 0.606. The van der Waals surface area contributed by atoms with Gasteiger partial charge in [0.2, 0.25) is 5.91 Å². The van der Waals surface area contributed by atoms with E-state index in [-0.39, 0.29) is 18.2 Å². The summed E-state index contributed by atoms with van der Waals surface area (Å²) in [4.78, 5) is 28.0. The fourth-order valence-electron chi connectivity index (χ4n) is 4.44. The molecule has 0 spiro atoms. The molecule has 1 aliphatic carbocycles.